The predicted octanol–water partition coefficient (Wildman–Crippen LogP) is 2.23. The van der Waals surface area contributed by atoms with Gasteiger partial charge < -0.3 is 9.84 Å². The smallest absolute Gasteiger partial charge is 0.339 e. The van der Waals surface area contributed by atoms with Crippen molar-refractivity contribution >= 4 is 27.4 Å². The normalized spacial score (nSPS) is 15.3. The zero-order valence-electron chi connectivity index (χ0n) is 10.2. The maximum absolute atomic E-state index is 12.3. The van der Waals surface area contributed by atoms with E-state index in [4.69, 9.17) is 21.4 Å². The Kier molecular flexibility index (Phi) is 3.73. The molecule has 5 nitrogen and oxygen atoms in total. The van der Waals surface area contributed by atoms with Gasteiger partial charge in [0.05, 0.1) is 12.9 Å². The fourth-order valence-corrected chi connectivity index (χ4v) is 4.05. The van der Waals surface area contributed by atoms with Crippen LogP contribution in [0.3, 0.4) is 0 Å². The number of hydrogen-bond donors (Lipinski definition) is 1. The summed E-state index contributed by atoms with van der Waals surface area (Å²) in [4.78, 5) is 11.0. The third kappa shape index (κ3) is 3.01. The Labute approximate surface area is 116 Å². The van der Waals surface area contributed by atoms with Gasteiger partial charge >= 0.3 is 5.97 Å². The molecule has 0 aromatic heterocycles. The fraction of sp³-hybridized carbons (Fsp3) is 0.417. The highest BCUT2D eigenvalue weighted by Crippen LogP contribution is 2.37. The lowest BCUT2D eigenvalue weighted by Crippen LogP contribution is -2.12. The summed E-state index contributed by atoms with van der Waals surface area (Å²) in [5.74, 6) is -1.27. The lowest BCUT2D eigenvalue weighted by atomic mass is 10.2. The van der Waals surface area contributed by atoms with Crippen LogP contribution in [0.25, 0.3) is 0 Å². The molecule has 1 aliphatic rings. The quantitative estimate of drug-likeness (QED) is 0.902. The molecule has 1 aliphatic carbocycles. The van der Waals surface area contributed by atoms with E-state index in [1.165, 1.54) is 19.2 Å². The SMILES string of the molecule is COc1c(C(=O)O)cc(Cl)cc1S(=O)(=O)CC1CC1. The summed E-state index contributed by atoms with van der Waals surface area (Å²) in [5.41, 5.74) is -0.246. The first-order chi connectivity index (χ1) is 8.85. The van der Waals surface area contributed by atoms with Gasteiger partial charge in [0.1, 0.15) is 10.5 Å². The average Bonchev–Trinajstić information content (AvgIpc) is 3.11. The molecule has 2 rings (SSSR count). The first-order valence-corrected chi connectivity index (χ1v) is 7.71. The van der Waals surface area contributed by atoms with E-state index in [2.05, 4.69) is 0 Å². The highest BCUT2D eigenvalue weighted by molar-refractivity contribution is 7.91. The molecule has 1 saturated carbocycles. The molecule has 1 aromatic carbocycles. The molecule has 7 heteroatoms. The van der Waals surface area contributed by atoms with E-state index in [0.29, 0.717) is 0 Å². The van der Waals surface area contributed by atoms with Gasteiger partial charge in [-0.3, -0.25) is 0 Å². The van der Waals surface area contributed by atoms with Crippen LogP contribution in [0.4, 0.5) is 0 Å². The summed E-state index contributed by atoms with van der Waals surface area (Å²) in [6, 6.07) is 2.42. The summed E-state index contributed by atoms with van der Waals surface area (Å²) in [6.07, 6.45) is 1.77. The van der Waals surface area contributed by atoms with E-state index in [0.717, 1.165) is 12.8 Å². The average molecular weight is 305 g/mol. The Hall–Kier alpha value is -1.27. The van der Waals surface area contributed by atoms with E-state index in [1.54, 1.807) is 0 Å². The van der Waals surface area contributed by atoms with Crippen molar-refractivity contribution in [2.24, 2.45) is 5.92 Å². The van der Waals surface area contributed by atoms with Crippen molar-refractivity contribution < 1.29 is 23.1 Å². The third-order valence-corrected chi connectivity index (χ3v) is 5.04. The number of rotatable bonds is 5. The molecule has 1 N–H and O–H groups in total. The van der Waals surface area contributed by atoms with Crippen LogP contribution in [0, 0.1) is 5.92 Å². The van der Waals surface area contributed by atoms with Gasteiger partial charge in [-0.2, -0.15) is 0 Å². The van der Waals surface area contributed by atoms with Gasteiger partial charge in [0, 0.05) is 5.02 Å². The number of benzene rings is 1. The molecule has 0 heterocycles. The molecule has 104 valence electrons. The van der Waals surface area contributed by atoms with Crippen LogP contribution >= 0.6 is 11.6 Å². The predicted molar refractivity (Wildman–Crippen MR) is 69.7 cm³/mol. The second-order valence-electron chi connectivity index (χ2n) is 4.51. The topological polar surface area (TPSA) is 80.7 Å². The van der Waals surface area contributed by atoms with E-state index in [1.807, 2.05) is 0 Å². The van der Waals surface area contributed by atoms with Gasteiger partial charge in [-0.25, -0.2) is 13.2 Å². The molecule has 0 bridgehead atoms. The number of carbonyl (C=O) groups is 1. The van der Waals surface area contributed by atoms with Crippen LogP contribution in [0.15, 0.2) is 17.0 Å². The number of carboxylic acid groups (broad SMARTS) is 1. The van der Waals surface area contributed by atoms with E-state index < -0.39 is 15.8 Å². The van der Waals surface area contributed by atoms with Crippen LogP contribution in [-0.4, -0.2) is 32.4 Å². The van der Waals surface area contributed by atoms with Crippen molar-refractivity contribution in [2.45, 2.75) is 17.7 Å². The summed E-state index contributed by atoms with van der Waals surface area (Å²) in [5, 5.41) is 9.13. The number of methoxy groups -OCH3 is 1. The van der Waals surface area contributed by atoms with Crippen molar-refractivity contribution in [3.8, 4) is 5.75 Å². The lowest BCUT2D eigenvalue weighted by Gasteiger charge is -2.12. The number of sulfone groups is 1. The molecule has 19 heavy (non-hydrogen) atoms. The molecular formula is C12H13ClO5S. The standard InChI is InChI=1S/C12H13ClO5S/c1-18-11-9(12(14)15)4-8(13)5-10(11)19(16,17)6-7-2-3-7/h4-5,7H,2-3,6H2,1H3,(H,14,15). The zero-order valence-corrected chi connectivity index (χ0v) is 11.8. The van der Waals surface area contributed by atoms with E-state index >= 15 is 0 Å². The van der Waals surface area contributed by atoms with E-state index in [9.17, 15) is 13.2 Å². The lowest BCUT2D eigenvalue weighted by molar-refractivity contribution is 0.0693. The van der Waals surface area contributed by atoms with Gasteiger partial charge in [-0.1, -0.05) is 11.6 Å². The minimum atomic E-state index is -3.59. The molecule has 0 atom stereocenters. The molecule has 1 aromatic rings. The monoisotopic (exact) mass is 304 g/mol. The molecule has 0 unspecified atom stereocenters. The first kappa shape index (κ1) is 14.1. The Bertz CT molecular complexity index is 619. The van der Waals surface area contributed by atoms with Crippen LogP contribution in [0.1, 0.15) is 23.2 Å². The summed E-state index contributed by atoms with van der Waals surface area (Å²) in [6.45, 7) is 0. The van der Waals surface area contributed by atoms with Gasteiger partial charge in [-0.15, -0.1) is 0 Å². The minimum Gasteiger partial charge on any atom is -0.494 e. The van der Waals surface area contributed by atoms with Crippen LogP contribution < -0.4 is 4.74 Å². The second-order valence-corrected chi connectivity index (χ2v) is 6.95. The first-order valence-electron chi connectivity index (χ1n) is 5.68. The van der Waals surface area contributed by atoms with Crippen LogP contribution in [0.5, 0.6) is 5.75 Å². The zero-order chi connectivity index (χ0) is 14.2. The molecule has 0 spiro atoms. The summed E-state index contributed by atoms with van der Waals surface area (Å²) >= 11 is 5.80. The highest BCUT2D eigenvalue weighted by atomic mass is 35.5. The van der Waals surface area contributed by atoms with Gasteiger partial charge in [0.15, 0.2) is 15.6 Å². The number of ether oxygens (including phenoxy) is 1. The van der Waals surface area contributed by atoms with Crippen molar-refractivity contribution in [1.82, 2.24) is 0 Å². The van der Waals surface area contributed by atoms with Crippen LogP contribution in [0.2, 0.25) is 5.02 Å². The Morgan fingerprint density at radius 3 is 2.58 bits per heavy atom. The Balaban J connectivity index is 2.57. The molecule has 0 aliphatic heterocycles. The fourth-order valence-electron chi connectivity index (χ4n) is 1.85. The number of hydrogen-bond acceptors (Lipinski definition) is 4. The minimum absolute atomic E-state index is 0.00274. The highest BCUT2D eigenvalue weighted by Gasteiger charge is 2.32. The third-order valence-electron chi connectivity index (χ3n) is 2.94. The van der Waals surface area contributed by atoms with Gasteiger partial charge in [-0.05, 0) is 30.9 Å². The number of carboxylic acids is 1. The van der Waals surface area contributed by atoms with Crippen molar-refractivity contribution in [3.05, 3.63) is 22.7 Å². The maximum Gasteiger partial charge on any atom is 0.339 e. The second kappa shape index (κ2) is 5.02. The van der Waals surface area contributed by atoms with Crippen LogP contribution in [-0.2, 0) is 9.84 Å². The van der Waals surface area contributed by atoms with E-state index in [-0.39, 0.29) is 32.9 Å². The number of halogens is 1. The number of aromatic carboxylic acids is 1. The molecule has 0 saturated heterocycles. The Morgan fingerprint density at radius 1 is 1.47 bits per heavy atom. The van der Waals surface area contributed by atoms with Crippen molar-refractivity contribution in [3.63, 3.8) is 0 Å². The largest absolute Gasteiger partial charge is 0.494 e. The Morgan fingerprint density at radius 2 is 2.11 bits per heavy atom. The molecular weight excluding hydrogens is 292 g/mol. The van der Waals surface area contributed by atoms with Gasteiger partial charge in [0.25, 0.3) is 0 Å². The summed E-state index contributed by atoms with van der Waals surface area (Å²) in [7, 11) is -2.35. The maximum atomic E-state index is 12.3. The summed E-state index contributed by atoms with van der Waals surface area (Å²) < 4.78 is 29.5. The van der Waals surface area contributed by atoms with Crippen molar-refractivity contribution in [1.29, 1.82) is 0 Å². The molecule has 1 fully saturated rings. The van der Waals surface area contributed by atoms with Gasteiger partial charge in [0.2, 0.25) is 0 Å². The molecule has 0 amide bonds. The molecule has 0 radical (unpaired) electrons. The van der Waals surface area contributed by atoms with Crippen molar-refractivity contribution in [2.75, 3.05) is 12.9 Å².